The third kappa shape index (κ3) is 5.74. The van der Waals surface area contributed by atoms with Gasteiger partial charge in [-0.25, -0.2) is 9.07 Å². The van der Waals surface area contributed by atoms with E-state index in [0.29, 0.717) is 25.0 Å². The predicted octanol–water partition coefficient (Wildman–Crippen LogP) is 3.69. The number of nitrogens with one attached hydrogen (secondary N) is 1. The highest BCUT2D eigenvalue weighted by molar-refractivity contribution is 5.91. The number of para-hydroxylation sites is 1. The van der Waals surface area contributed by atoms with E-state index in [4.69, 9.17) is 9.47 Å². The fraction of sp³-hybridized carbons (Fsp3) is 0.379. The summed E-state index contributed by atoms with van der Waals surface area (Å²) in [5.74, 6) is -1.53. The number of ether oxygens (including phenoxy) is 2. The van der Waals surface area contributed by atoms with Gasteiger partial charge in [0.25, 0.3) is 11.5 Å². The van der Waals surface area contributed by atoms with Gasteiger partial charge in [0.2, 0.25) is 6.29 Å². The number of nitrogens with zero attached hydrogens (tertiary/aromatic N) is 2. The number of halogens is 1. The van der Waals surface area contributed by atoms with E-state index in [2.05, 4.69) is 5.32 Å². The molecule has 1 aliphatic rings. The molecule has 202 valence electrons. The number of carbonyl (C=O) groups excluding carboxylic acids is 1. The highest BCUT2D eigenvalue weighted by Gasteiger charge is 2.40. The third-order valence-corrected chi connectivity index (χ3v) is 6.93. The summed E-state index contributed by atoms with van der Waals surface area (Å²) >= 11 is 0. The van der Waals surface area contributed by atoms with Crippen LogP contribution in [0.3, 0.4) is 0 Å². The molecule has 4 rings (SSSR count). The van der Waals surface area contributed by atoms with Gasteiger partial charge in [-0.05, 0) is 62.6 Å². The van der Waals surface area contributed by atoms with Gasteiger partial charge in [-0.1, -0.05) is 30.3 Å². The highest BCUT2D eigenvalue weighted by atomic mass is 19.1. The molecule has 0 bridgehead atoms. The number of amides is 1. The minimum Gasteiger partial charge on any atom is -0.459 e. The van der Waals surface area contributed by atoms with Crippen LogP contribution in [0.15, 0.2) is 71.2 Å². The Labute approximate surface area is 221 Å². The number of aromatic nitrogens is 2. The minimum atomic E-state index is -0.780. The van der Waals surface area contributed by atoms with Gasteiger partial charge in [0.15, 0.2) is 5.76 Å². The lowest BCUT2D eigenvalue weighted by Gasteiger charge is -2.36. The number of rotatable bonds is 10. The zero-order valence-corrected chi connectivity index (χ0v) is 21.9. The van der Waals surface area contributed by atoms with Crippen LogP contribution in [0.2, 0.25) is 0 Å². The lowest BCUT2D eigenvalue weighted by Crippen LogP contribution is -2.40. The Bertz CT molecular complexity index is 1330. The van der Waals surface area contributed by atoms with Crippen LogP contribution in [0.5, 0.6) is 0 Å². The van der Waals surface area contributed by atoms with Crippen molar-refractivity contribution in [3.05, 3.63) is 99.4 Å². The summed E-state index contributed by atoms with van der Waals surface area (Å²) in [4.78, 5) is 27.0. The van der Waals surface area contributed by atoms with Crippen LogP contribution in [-0.4, -0.2) is 39.9 Å². The molecule has 9 heteroatoms. The first-order chi connectivity index (χ1) is 18.3. The van der Waals surface area contributed by atoms with Crippen LogP contribution in [0.4, 0.5) is 4.39 Å². The maximum atomic E-state index is 13.9. The Morgan fingerprint density at radius 3 is 2.53 bits per heavy atom. The lowest BCUT2D eigenvalue weighted by molar-refractivity contribution is -0.166. The van der Waals surface area contributed by atoms with Crippen LogP contribution in [0.1, 0.15) is 42.5 Å². The van der Waals surface area contributed by atoms with E-state index in [1.54, 1.807) is 22.9 Å². The second kappa shape index (κ2) is 12.2. The summed E-state index contributed by atoms with van der Waals surface area (Å²) in [6.45, 7) is 4.23. The van der Waals surface area contributed by atoms with Crippen molar-refractivity contribution in [2.75, 3.05) is 13.2 Å². The zero-order valence-electron chi connectivity index (χ0n) is 21.9. The minimum absolute atomic E-state index is 0.0151. The summed E-state index contributed by atoms with van der Waals surface area (Å²) in [5.41, 5.74) is 2.60. The van der Waals surface area contributed by atoms with Crippen molar-refractivity contribution in [2.24, 2.45) is 13.0 Å². The van der Waals surface area contributed by atoms with Gasteiger partial charge in [0, 0.05) is 49.9 Å². The van der Waals surface area contributed by atoms with E-state index >= 15 is 0 Å². The molecule has 0 saturated heterocycles. The van der Waals surface area contributed by atoms with Crippen LogP contribution in [-0.2, 0) is 27.9 Å². The second-order valence-electron chi connectivity index (χ2n) is 9.31. The van der Waals surface area contributed by atoms with Gasteiger partial charge in [0.05, 0.1) is 5.69 Å². The summed E-state index contributed by atoms with van der Waals surface area (Å²) in [6.07, 6.45) is 1.94. The molecule has 8 nitrogen and oxygen atoms in total. The molecule has 0 aliphatic carbocycles. The van der Waals surface area contributed by atoms with E-state index in [-0.39, 0.29) is 36.2 Å². The van der Waals surface area contributed by atoms with E-state index in [9.17, 15) is 19.1 Å². The fourth-order valence-corrected chi connectivity index (χ4v) is 4.94. The average Bonchev–Trinajstić information content (AvgIpc) is 3.15. The van der Waals surface area contributed by atoms with E-state index in [0.717, 1.165) is 16.9 Å². The smallest absolute Gasteiger partial charge is 0.286 e. The maximum absolute atomic E-state index is 13.9. The molecule has 1 aliphatic heterocycles. The Hall–Kier alpha value is -3.69. The number of hydrogen-bond acceptors (Lipinski definition) is 5. The second-order valence-corrected chi connectivity index (χ2v) is 9.31. The molecule has 1 aromatic heterocycles. The maximum Gasteiger partial charge on any atom is 0.286 e. The van der Waals surface area contributed by atoms with Gasteiger partial charge in [-0.2, -0.15) is 0 Å². The fourth-order valence-electron chi connectivity index (χ4n) is 4.94. The van der Waals surface area contributed by atoms with E-state index in [1.807, 2.05) is 55.9 Å². The number of hydrogen-bond donors (Lipinski definition) is 2. The largest absolute Gasteiger partial charge is 0.459 e. The van der Waals surface area contributed by atoms with Crippen molar-refractivity contribution >= 4 is 5.91 Å². The monoisotopic (exact) mass is 523 g/mol. The van der Waals surface area contributed by atoms with E-state index < -0.39 is 18.1 Å². The number of allylic oxidation sites excluding steroid dienone is 1. The van der Waals surface area contributed by atoms with Crippen LogP contribution in [0, 0.1) is 18.7 Å². The molecule has 3 aromatic rings. The first-order valence-electron chi connectivity index (χ1n) is 12.8. The normalized spacial score (nSPS) is 19.1. The molecule has 0 saturated carbocycles. The molecule has 0 spiro atoms. The van der Waals surface area contributed by atoms with Crippen molar-refractivity contribution in [2.45, 2.75) is 45.4 Å². The first-order valence-corrected chi connectivity index (χ1v) is 12.8. The van der Waals surface area contributed by atoms with Crippen molar-refractivity contribution in [1.29, 1.82) is 0 Å². The van der Waals surface area contributed by atoms with Gasteiger partial charge >= 0.3 is 0 Å². The van der Waals surface area contributed by atoms with Crippen molar-refractivity contribution in [3.8, 4) is 5.69 Å². The topological polar surface area (TPSA) is 94.7 Å². The van der Waals surface area contributed by atoms with Gasteiger partial charge in [-0.3, -0.25) is 14.3 Å². The standard InChI is InChI=1S/C29H34FN3O5/c1-4-37-29-23(11-8-16-34)24(17-25(38-29)27(35)31-18-20-12-14-21(30)15-13-20)26-19(2)32(3)33(28(26)36)22-9-6-5-7-10-22/h5-7,9-10,12-15,17,23-24,29,34H,4,8,11,16,18H2,1-3H3,(H,31,35)/t23-,24-,29+/m0/s1. The van der Waals surface area contributed by atoms with Gasteiger partial charge in [-0.15, -0.1) is 0 Å². The first kappa shape index (κ1) is 27.3. The summed E-state index contributed by atoms with van der Waals surface area (Å²) in [6, 6.07) is 15.2. The molecule has 0 fully saturated rings. The Kier molecular flexibility index (Phi) is 8.81. The lowest BCUT2D eigenvalue weighted by atomic mass is 9.80. The van der Waals surface area contributed by atoms with Crippen molar-refractivity contribution in [1.82, 2.24) is 14.7 Å². The molecule has 2 heterocycles. The number of aliphatic hydroxyl groups is 1. The van der Waals surface area contributed by atoms with Crippen LogP contribution in [0.25, 0.3) is 5.69 Å². The van der Waals surface area contributed by atoms with Crippen LogP contribution >= 0.6 is 0 Å². The SMILES string of the molecule is CCO[C@@H]1OC(C(=O)NCc2ccc(F)cc2)=C[C@H](c2c(C)n(C)n(-c3ccccc3)c2=O)[C@@H]1CCCO. The van der Waals surface area contributed by atoms with Crippen molar-refractivity contribution < 1.29 is 23.8 Å². The Morgan fingerprint density at radius 2 is 1.87 bits per heavy atom. The van der Waals surface area contributed by atoms with Gasteiger partial charge < -0.3 is 19.9 Å². The highest BCUT2D eigenvalue weighted by Crippen LogP contribution is 2.39. The molecule has 2 N–H and O–H groups in total. The molecule has 2 aromatic carbocycles. The van der Waals surface area contributed by atoms with Gasteiger partial charge in [0.1, 0.15) is 5.82 Å². The predicted molar refractivity (Wildman–Crippen MR) is 141 cm³/mol. The summed E-state index contributed by atoms with van der Waals surface area (Å²) in [7, 11) is 1.83. The number of benzene rings is 2. The average molecular weight is 524 g/mol. The quantitative estimate of drug-likeness (QED) is 0.423. The molecular formula is C29H34FN3O5. The molecule has 0 radical (unpaired) electrons. The molecule has 38 heavy (non-hydrogen) atoms. The number of carbonyl (C=O) groups is 1. The van der Waals surface area contributed by atoms with E-state index in [1.165, 1.54) is 12.1 Å². The summed E-state index contributed by atoms with van der Waals surface area (Å²) in [5, 5.41) is 12.4. The number of aliphatic hydroxyl groups excluding tert-OH is 1. The third-order valence-electron chi connectivity index (χ3n) is 6.93. The van der Waals surface area contributed by atoms with Crippen molar-refractivity contribution in [3.63, 3.8) is 0 Å². The Balaban J connectivity index is 1.74. The van der Waals surface area contributed by atoms with Crippen LogP contribution < -0.4 is 10.9 Å². The molecular weight excluding hydrogens is 489 g/mol. The zero-order chi connectivity index (χ0) is 27.2. The molecule has 3 atom stereocenters. The summed E-state index contributed by atoms with van der Waals surface area (Å²) < 4.78 is 28.6. The molecule has 1 amide bonds. The molecule has 0 unspecified atom stereocenters. The Morgan fingerprint density at radius 1 is 1.16 bits per heavy atom.